The predicted octanol–water partition coefficient (Wildman–Crippen LogP) is 4.50. The second kappa shape index (κ2) is 7.52. The molecule has 5 nitrogen and oxygen atoms in total. The Balaban J connectivity index is 1.65. The highest BCUT2D eigenvalue weighted by atomic mass is 19.1. The van der Waals surface area contributed by atoms with Crippen molar-refractivity contribution in [2.75, 3.05) is 0 Å². The summed E-state index contributed by atoms with van der Waals surface area (Å²) in [7, 11) is 0. The largest absolute Gasteiger partial charge is 0.486 e. The number of nitrogens with zero attached hydrogens (tertiary/aromatic N) is 2. The van der Waals surface area contributed by atoms with Crippen molar-refractivity contribution in [2.45, 2.75) is 13.2 Å². The van der Waals surface area contributed by atoms with E-state index in [1.165, 1.54) is 24.3 Å². The molecule has 4 rings (SSSR count). The Labute approximate surface area is 160 Å². The molecule has 0 saturated heterocycles. The summed E-state index contributed by atoms with van der Waals surface area (Å²) < 4.78 is 21.4. The Bertz CT molecular complexity index is 1150. The van der Waals surface area contributed by atoms with Gasteiger partial charge < -0.3 is 14.4 Å². The molecule has 0 bridgehead atoms. The second-order valence-corrected chi connectivity index (χ2v) is 6.35. The highest BCUT2D eigenvalue weighted by molar-refractivity contribution is 5.88. The lowest BCUT2D eigenvalue weighted by Crippen LogP contribution is -2.09. The van der Waals surface area contributed by atoms with Gasteiger partial charge >= 0.3 is 5.97 Å². The summed E-state index contributed by atoms with van der Waals surface area (Å²) in [6, 6.07) is 20.5. The molecular formula is C22H17FN2O3. The third kappa shape index (κ3) is 3.71. The van der Waals surface area contributed by atoms with Gasteiger partial charge in [-0.05, 0) is 48.0 Å². The normalized spacial score (nSPS) is 10.9. The third-order valence-electron chi connectivity index (χ3n) is 4.41. The van der Waals surface area contributed by atoms with E-state index in [1.54, 1.807) is 18.2 Å². The highest BCUT2D eigenvalue weighted by Crippen LogP contribution is 2.21. The minimum Gasteiger partial charge on any atom is -0.486 e. The van der Waals surface area contributed by atoms with Crippen LogP contribution in [0.3, 0.4) is 0 Å². The molecule has 0 aliphatic carbocycles. The van der Waals surface area contributed by atoms with Gasteiger partial charge in [0.2, 0.25) is 0 Å². The SMILES string of the molecule is O=C(O)c1cccc(OCc2nc3ccccc3n2Cc2cccc(F)c2)c1. The van der Waals surface area contributed by atoms with Crippen molar-refractivity contribution in [3.05, 3.63) is 95.6 Å². The van der Waals surface area contributed by atoms with Crippen LogP contribution in [0.2, 0.25) is 0 Å². The Morgan fingerprint density at radius 1 is 1.04 bits per heavy atom. The summed E-state index contributed by atoms with van der Waals surface area (Å²) in [6.07, 6.45) is 0. The molecule has 0 aliphatic heterocycles. The molecule has 1 aromatic heterocycles. The van der Waals surface area contributed by atoms with Crippen LogP contribution in [0, 0.1) is 5.82 Å². The van der Waals surface area contributed by atoms with E-state index in [0.717, 1.165) is 16.6 Å². The number of imidazole rings is 1. The first kappa shape index (κ1) is 17.7. The fraction of sp³-hybridized carbons (Fsp3) is 0.0909. The van der Waals surface area contributed by atoms with Gasteiger partial charge in [-0.15, -0.1) is 0 Å². The Kier molecular flexibility index (Phi) is 4.76. The van der Waals surface area contributed by atoms with Crippen LogP contribution in [0.25, 0.3) is 11.0 Å². The van der Waals surface area contributed by atoms with Crippen molar-refractivity contribution in [3.63, 3.8) is 0 Å². The number of hydrogen-bond donors (Lipinski definition) is 1. The smallest absolute Gasteiger partial charge is 0.335 e. The summed E-state index contributed by atoms with van der Waals surface area (Å²) in [5, 5.41) is 9.12. The standard InChI is InChI=1S/C22H17FN2O3/c23-17-7-3-5-15(11-17)13-25-20-10-2-1-9-19(20)24-21(25)14-28-18-8-4-6-16(12-18)22(26)27/h1-12H,13-14H2,(H,26,27). The molecule has 28 heavy (non-hydrogen) atoms. The first-order valence-corrected chi connectivity index (χ1v) is 8.75. The van der Waals surface area contributed by atoms with Gasteiger partial charge in [-0.2, -0.15) is 0 Å². The molecular weight excluding hydrogens is 359 g/mol. The van der Waals surface area contributed by atoms with Crippen LogP contribution in [0.4, 0.5) is 4.39 Å². The van der Waals surface area contributed by atoms with Crippen molar-refractivity contribution >= 4 is 17.0 Å². The molecule has 4 aromatic rings. The van der Waals surface area contributed by atoms with E-state index < -0.39 is 5.97 Å². The first-order valence-electron chi connectivity index (χ1n) is 8.75. The molecule has 0 unspecified atom stereocenters. The maximum atomic E-state index is 13.6. The first-order chi connectivity index (χ1) is 13.6. The number of aromatic carboxylic acids is 1. The van der Waals surface area contributed by atoms with Crippen LogP contribution in [0.1, 0.15) is 21.7 Å². The van der Waals surface area contributed by atoms with Crippen LogP contribution in [-0.4, -0.2) is 20.6 Å². The van der Waals surface area contributed by atoms with Crippen molar-refractivity contribution in [1.82, 2.24) is 9.55 Å². The van der Waals surface area contributed by atoms with Gasteiger partial charge in [-0.25, -0.2) is 14.2 Å². The molecule has 1 N–H and O–H groups in total. The third-order valence-corrected chi connectivity index (χ3v) is 4.41. The van der Waals surface area contributed by atoms with Gasteiger partial charge in [0.1, 0.15) is 24.0 Å². The van der Waals surface area contributed by atoms with Gasteiger partial charge in [0.25, 0.3) is 0 Å². The van der Waals surface area contributed by atoms with Gasteiger partial charge in [0.15, 0.2) is 0 Å². The lowest BCUT2D eigenvalue weighted by molar-refractivity contribution is 0.0696. The quantitative estimate of drug-likeness (QED) is 0.538. The molecule has 0 radical (unpaired) electrons. The monoisotopic (exact) mass is 376 g/mol. The minimum atomic E-state index is -1.01. The Hall–Kier alpha value is -3.67. The molecule has 1 heterocycles. The van der Waals surface area contributed by atoms with Crippen LogP contribution in [0.15, 0.2) is 72.8 Å². The van der Waals surface area contributed by atoms with E-state index in [9.17, 15) is 9.18 Å². The maximum absolute atomic E-state index is 13.6. The number of halogens is 1. The van der Waals surface area contributed by atoms with Gasteiger partial charge in [0.05, 0.1) is 16.6 Å². The Morgan fingerprint density at radius 3 is 2.68 bits per heavy atom. The summed E-state index contributed by atoms with van der Waals surface area (Å²) >= 11 is 0. The summed E-state index contributed by atoms with van der Waals surface area (Å²) in [4.78, 5) is 15.8. The maximum Gasteiger partial charge on any atom is 0.335 e. The Morgan fingerprint density at radius 2 is 1.86 bits per heavy atom. The van der Waals surface area contributed by atoms with Gasteiger partial charge in [0, 0.05) is 6.54 Å². The van der Waals surface area contributed by atoms with E-state index >= 15 is 0 Å². The number of ether oxygens (including phenoxy) is 1. The van der Waals surface area contributed by atoms with Crippen LogP contribution < -0.4 is 4.74 Å². The molecule has 0 aliphatic rings. The number of hydrogen-bond acceptors (Lipinski definition) is 3. The van der Waals surface area contributed by atoms with Gasteiger partial charge in [-0.1, -0.05) is 30.3 Å². The van der Waals surface area contributed by atoms with E-state index in [-0.39, 0.29) is 18.0 Å². The number of benzene rings is 3. The fourth-order valence-electron chi connectivity index (χ4n) is 3.10. The molecule has 3 aromatic carbocycles. The van der Waals surface area contributed by atoms with Crippen LogP contribution in [0.5, 0.6) is 5.75 Å². The van der Waals surface area contributed by atoms with E-state index in [2.05, 4.69) is 4.98 Å². The topological polar surface area (TPSA) is 64.3 Å². The lowest BCUT2D eigenvalue weighted by atomic mass is 10.2. The zero-order valence-corrected chi connectivity index (χ0v) is 14.9. The number of carbonyl (C=O) groups is 1. The number of para-hydroxylation sites is 2. The van der Waals surface area contributed by atoms with Crippen LogP contribution >= 0.6 is 0 Å². The average molecular weight is 376 g/mol. The van der Waals surface area contributed by atoms with Gasteiger partial charge in [-0.3, -0.25) is 0 Å². The van der Waals surface area contributed by atoms with Crippen LogP contribution in [-0.2, 0) is 13.2 Å². The van der Waals surface area contributed by atoms with Crippen molar-refractivity contribution in [2.24, 2.45) is 0 Å². The lowest BCUT2D eigenvalue weighted by Gasteiger charge is -2.11. The van der Waals surface area contributed by atoms with Crippen molar-refractivity contribution in [3.8, 4) is 5.75 Å². The van der Waals surface area contributed by atoms with Crippen molar-refractivity contribution in [1.29, 1.82) is 0 Å². The fourth-order valence-corrected chi connectivity index (χ4v) is 3.10. The van der Waals surface area contributed by atoms with Crippen molar-refractivity contribution < 1.29 is 19.0 Å². The predicted molar refractivity (Wildman–Crippen MR) is 103 cm³/mol. The van der Waals surface area contributed by atoms with E-state index in [4.69, 9.17) is 9.84 Å². The summed E-state index contributed by atoms with van der Waals surface area (Å²) in [5.74, 6) is -0.176. The molecule has 0 fully saturated rings. The molecule has 0 spiro atoms. The average Bonchev–Trinajstić information content (AvgIpc) is 3.04. The molecule has 140 valence electrons. The minimum absolute atomic E-state index is 0.158. The molecule has 0 saturated carbocycles. The van der Waals surface area contributed by atoms with E-state index in [1.807, 2.05) is 34.9 Å². The summed E-state index contributed by atoms with van der Waals surface area (Å²) in [6.45, 7) is 0.610. The molecule has 6 heteroatoms. The molecule has 0 atom stereocenters. The number of rotatable bonds is 6. The highest BCUT2D eigenvalue weighted by Gasteiger charge is 2.12. The zero-order chi connectivity index (χ0) is 19.5. The number of fused-ring (bicyclic) bond motifs is 1. The number of carboxylic acids is 1. The summed E-state index contributed by atoms with van der Waals surface area (Å²) in [5.41, 5.74) is 2.71. The second-order valence-electron chi connectivity index (χ2n) is 6.35. The zero-order valence-electron chi connectivity index (χ0n) is 14.9. The van der Waals surface area contributed by atoms with E-state index in [0.29, 0.717) is 18.1 Å². The number of carboxylic acid groups (broad SMARTS) is 1. The molecule has 0 amide bonds. The number of aromatic nitrogens is 2.